The van der Waals surface area contributed by atoms with Crippen LogP contribution in [0.5, 0.6) is 5.75 Å². The summed E-state index contributed by atoms with van der Waals surface area (Å²) >= 11 is 1.90. The minimum Gasteiger partial charge on any atom is -0.493 e. The SMILES string of the molecule is Cc1nc(-c2cc(C)c(OCCCC3=NC(C(C)C)CS3)c(C)c2)no1. The van der Waals surface area contributed by atoms with Crippen molar-refractivity contribution in [2.24, 2.45) is 10.9 Å². The summed E-state index contributed by atoms with van der Waals surface area (Å²) in [6.45, 7) is 11.1. The second kappa shape index (κ2) is 8.25. The lowest BCUT2D eigenvalue weighted by Crippen LogP contribution is -2.11. The first-order chi connectivity index (χ1) is 12.4. The molecule has 0 N–H and O–H groups in total. The van der Waals surface area contributed by atoms with E-state index in [1.807, 2.05) is 11.8 Å². The fraction of sp³-hybridized carbons (Fsp3) is 0.550. The number of hydrogen-bond acceptors (Lipinski definition) is 6. The molecule has 0 fully saturated rings. The van der Waals surface area contributed by atoms with Crippen LogP contribution < -0.4 is 4.74 Å². The van der Waals surface area contributed by atoms with Crippen molar-refractivity contribution in [1.82, 2.24) is 10.1 Å². The van der Waals surface area contributed by atoms with E-state index in [2.05, 4.69) is 50.0 Å². The highest BCUT2D eigenvalue weighted by atomic mass is 32.2. The van der Waals surface area contributed by atoms with Crippen molar-refractivity contribution in [3.63, 3.8) is 0 Å². The zero-order valence-corrected chi connectivity index (χ0v) is 17.0. The number of hydrogen-bond donors (Lipinski definition) is 0. The van der Waals surface area contributed by atoms with Crippen molar-refractivity contribution in [2.45, 2.75) is 53.5 Å². The number of aryl methyl sites for hydroxylation is 3. The van der Waals surface area contributed by atoms with Crippen LogP contribution in [0, 0.1) is 26.7 Å². The molecule has 3 rings (SSSR count). The monoisotopic (exact) mass is 373 g/mol. The summed E-state index contributed by atoms with van der Waals surface area (Å²) in [5.74, 6) is 3.90. The summed E-state index contributed by atoms with van der Waals surface area (Å²) in [5.41, 5.74) is 3.14. The standard InChI is InChI=1S/C20H27N3O2S/c1-12(2)17-11-26-18(22-17)7-6-8-24-19-13(3)9-16(10-14(19)4)20-21-15(5)25-23-20/h9-10,12,17H,6-8,11H2,1-5H3. The zero-order valence-electron chi connectivity index (χ0n) is 16.2. The van der Waals surface area contributed by atoms with Gasteiger partial charge in [-0.1, -0.05) is 19.0 Å². The molecule has 26 heavy (non-hydrogen) atoms. The Hall–Kier alpha value is -1.82. The summed E-state index contributed by atoms with van der Waals surface area (Å²) in [6.07, 6.45) is 1.99. The minimum atomic E-state index is 0.488. The van der Waals surface area contributed by atoms with Crippen molar-refractivity contribution in [3.8, 4) is 17.1 Å². The lowest BCUT2D eigenvalue weighted by Gasteiger charge is -2.13. The van der Waals surface area contributed by atoms with Gasteiger partial charge in [-0.15, -0.1) is 11.8 Å². The Balaban J connectivity index is 1.56. The molecular weight excluding hydrogens is 346 g/mol. The molecule has 6 heteroatoms. The molecule has 0 amide bonds. The predicted molar refractivity (Wildman–Crippen MR) is 107 cm³/mol. The molecule has 140 valence electrons. The van der Waals surface area contributed by atoms with E-state index in [9.17, 15) is 0 Å². The number of aliphatic imine (C=N–C) groups is 1. The van der Waals surface area contributed by atoms with E-state index < -0.39 is 0 Å². The molecule has 0 saturated carbocycles. The highest BCUT2D eigenvalue weighted by molar-refractivity contribution is 8.14. The minimum absolute atomic E-state index is 0.488. The molecule has 1 aliphatic rings. The van der Waals surface area contributed by atoms with E-state index in [0.29, 0.717) is 30.3 Å². The van der Waals surface area contributed by atoms with E-state index >= 15 is 0 Å². The fourth-order valence-electron chi connectivity index (χ4n) is 3.04. The summed E-state index contributed by atoms with van der Waals surface area (Å²) < 4.78 is 11.1. The Morgan fingerprint density at radius 3 is 2.54 bits per heavy atom. The van der Waals surface area contributed by atoms with Crippen molar-refractivity contribution in [1.29, 1.82) is 0 Å². The Morgan fingerprint density at radius 1 is 1.23 bits per heavy atom. The van der Waals surface area contributed by atoms with Gasteiger partial charge in [0.25, 0.3) is 0 Å². The second-order valence-corrected chi connectivity index (χ2v) is 8.27. The van der Waals surface area contributed by atoms with Crippen LogP contribution in [0.15, 0.2) is 21.6 Å². The quantitative estimate of drug-likeness (QED) is 0.640. The molecule has 0 spiro atoms. The smallest absolute Gasteiger partial charge is 0.223 e. The molecule has 0 saturated heterocycles. The van der Waals surface area contributed by atoms with Crippen LogP contribution in [-0.2, 0) is 0 Å². The van der Waals surface area contributed by atoms with Gasteiger partial charge >= 0.3 is 0 Å². The molecule has 0 radical (unpaired) electrons. The maximum atomic E-state index is 6.07. The Kier molecular flexibility index (Phi) is 6.01. The van der Waals surface area contributed by atoms with Crippen LogP contribution in [0.4, 0.5) is 0 Å². The fourth-order valence-corrected chi connectivity index (χ4v) is 4.36. The normalized spacial score (nSPS) is 17.0. The predicted octanol–water partition coefficient (Wildman–Crippen LogP) is 4.99. The Morgan fingerprint density at radius 2 is 1.96 bits per heavy atom. The van der Waals surface area contributed by atoms with Crippen molar-refractivity contribution in [3.05, 3.63) is 29.2 Å². The highest BCUT2D eigenvalue weighted by Gasteiger charge is 2.20. The molecule has 1 aromatic carbocycles. The summed E-state index contributed by atoms with van der Waals surface area (Å²) in [5, 5.41) is 5.27. The van der Waals surface area contributed by atoms with Gasteiger partial charge in [0.15, 0.2) is 0 Å². The first kappa shape index (κ1) is 19.0. The average molecular weight is 374 g/mol. The molecule has 0 bridgehead atoms. The zero-order chi connectivity index (χ0) is 18.7. The topological polar surface area (TPSA) is 60.5 Å². The van der Waals surface area contributed by atoms with Crippen molar-refractivity contribution >= 4 is 16.8 Å². The second-order valence-electron chi connectivity index (χ2n) is 7.17. The lowest BCUT2D eigenvalue weighted by atomic mass is 10.1. The highest BCUT2D eigenvalue weighted by Crippen LogP contribution is 2.30. The third kappa shape index (κ3) is 4.47. The molecule has 1 aromatic heterocycles. The van der Waals surface area contributed by atoms with Crippen LogP contribution in [0.1, 0.15) is 43.7 Å². The van der Waals surface area contributed by atoms with Gasteiger partial charge in [-0.2, -0.15) is 4.98 Å². The van der Waals surface area contributed by atoms with E-state index in [0.717, 1.165) is 41.0 Å². The van der Waals surface area contributed by atoms with Gasteiger partial charge in [-0.25, -0.2) is 0 Å². The summed E-state index contributed by atoms with van der Waals surface area (Å²) in [7, 11) is 0. The molecule has 1 aliphatic heterocycles. The van der Waals surface area contributed by atoms with Crippen molar-refractivity contribution < 1.29 is 9.26 Å². The molecule has 5 nitrogen and oxygen atoms in total. The van der Waals surface area contributed by atoms with Gasteiger partial charge in [-0.05, 0) is 55.9 Å². The number of nitrogens with zero attached hydrogens (tertiary/aromatic N) is 3. The van der Waals surface area contributed by atoms with Crippen LogP contribution in [0.3, 0.4) is 0 Å². The number of ether oxygens (including phenoxy) is 1. The van der Waals surface area contributed by atoms with Crippen LogP contribution in [-0.4, -0.2) is 33.6 Å². The first-order valence-corrected chi connectivity index (χ1v) is 10.2. The van der Waals surface area contributed by atoms with Gasteiger partial charge in [0.05, 0.1) is 17.7 Å². The number of thioether (sulfide) groups is 1. The Labute approximate surface area is 159 Å². The van der Waals surface area contributed by atoms with Crippen LogP contribution in [0.25, 0.3) is 11.4 Å². The third-order valence-corrected chi connectivity index (χ3v) is 5.68. The van der Waals surface area contributed by atoms with Crippen molar-refractivity contribution in [2.75, 3.05) is 12.4 Å². The average Bonchev–Trinajstić information content (AvgIpc) is 3.22. The molecule has 0 aliphatic carbocycles. The van der Waals surface area contributed by atoms with E-state index in [4.69, 9.17) is 14.3 Å². The van der Waals surface area contributed by atoms with Gasteiger partial charge in [-0.3, -0.25) is 4.99 Å². The Bertz CT molecular complexity index is 775. The van der Waals surface area contributed by atoms with E-state index in [1.54, 1.807) is 6.92 Å². The summed E-state index contributed by atoms with van der Waals surface area (Å²) in [6, 6.07) is 4.59. The largest absolute Gasteiger partial charge is 0.493 e. The maximum absolute atomic E-state index is 6.07. The van der Waals surface area contributed by atoms with E-state index in [-0.39, 0.29) is 0 Å². The number of benzene rings is 1. The molecular formula is C20H27N3O2S. The summed E-state index contributed by atoms with van der Waals surface area (Å²) in [4.78, 5) is 9.11. The van der Waals surface area contributed by atoms with Crippen LogP contribution in [0.2, 0.25) is 0 Å². The van der Waals surface area contributed by atoms with Gasteiger partial charge in [0, 0.05) is 18.2 Å². The van der Waals surface area contributed by atoms with Gasteiger partial charge in [0.1, 0.15) is 5.75 Å². The lowest BCUT2D eigenvalue weighted by molar-refractivity contribution is 0.309. The number of aromatic nitrogens is 2. The van der Waals surface area contributed by atoms with Gasteiger partial charge in [0.2, 0.25) is 11.7 Å². The molecule has 2 heterocycles. The van der Waals surface area contributed by atoms with Gasteiger partial charge < -0.3 is 9.26 Å². The van der Waals surface area contributed by atoms with E-state index in [1.165, 1.54) is 5.04 Å². The van der Waals surface area contributed by atoms with Crippen LogP contribution >= 0.6 is 11.8 Å². The molecule has 1 atom stereocenters. The molecule has 1 unspecified atom stereocenters. The first-order valence-electron chi connectivity index (χ1n) is 9.18. The maximum Gasteiger partial charge on any atom is 0.223 e. The third-order valence-electron chi connectivity index (χ3n) is 4.53. The molecule has 2 aromatic rings. The number of rotatable bonds is 7.